The van der Waals surface area contributed by atoms with Crippen molar-refractivity contribution in [1.29, 1.82) is 0 Å². The second-order valence-corrected chi connectivity index (χ2v) is 6.55. The molecule has 2 fully saturated rings. The van der Waals surface area contributed by atoms with Crippen molar-refractivity contribution >= 4 is 11.9 Å². The van der Waals surface area contributed by atoms with Crippen LogP contribution in [0.15, 0.2) is 24.5 Å². The van der Waals surface area contributed by atoms with Crippen LogP contribution in [0.2, 0.25) is 0 Å². The second kappa shape index (κ2) is 7.08. The molecule has 2 saturated heterocycles. The molecule has 1 amide bonds. The fourth-order valence-electron chi connectivity index (χ4n) is 3.62. The summed E-state index contributed by atoms with van der Waals surface area (Å²) >= 11 is 0. The smallest absolute Gasteiger partial charge is 0.307 e. The minimum Gasteiger partial charge on any atom is -0.481 e. The van der Waals surface area contributed by atoms with Crippen molar-refractivity contribution in [3.8, 4) is 0 Å². The molecule has 0 bridgehead atoms. The minimum atomic E-state index is -0.802. The molecular weight excluding hydrogens is 294 g/mol. The Labute approximate surface area is 136 Å². The summed E-state index contributed by atoms with van der Waals surface area (Å²) in [7, 11) is 0. The molecule has 0 radical (unpaired) electrons. The zero-order chi connectivity index (χ0) is 16.2. The van der Waals surface area contributed by atoms with Gasteiger partial charge >= 0.3 is 5.97 Å². The zero-order valence-corrected chi connectivity index (χ0v) is 13.2. The molecule has 1 aromatic rings. The highest BCUT2D eigenvalue weighted by atomic mass is 16.4. The van der Waals surface area contributed by atoms with Gasteiger partial charge in [-0.25, -0.2) is 0 Å². The fourth-order valence-corrected chi connectivity index (χ4v) is 3.62. The molecule has 0 unspecified atom stereocenters. The lowest BCUT2D eigenvalue weighted by molar-refractivity contribution is -0.147. The van der Waals surface area contributed by atoms with E-state index in [2.05, 4.69) is 9.88 Å². The molecule has 0 aromatic carbocycles. The van der Waals surface area contributed by atoms with E-state index in [1.165, 1.54) is 0 Å². The summed E-state index contributed by atoms with van der Waals surface area (Å²) in [6, 6.07) is 3.86. The van der Waals surface area contributed by atoms with Crippen LogP contribution in [-0.2, 0) is 16.1 Å². The van der Waals surface area contributed by atoms with Crippen molar-refractivity contribution in [2.45, 2.75) is 25.8 Å². The predicted octanol–water partition coefficient (Wildman–Crippen LogP) is 1.23. The van der Waals surface area contributed by atoms with E-state index < -0.39 is 11.9 Å². The molecule has 2 atom stereocenters. The molecule has 1 aromatic heterocycles. The number of carboxylic acid groups (broad SMARTS) is 1. The van der Waals surface area contributed by atoms with Crippen molar-refractivity contribution in [1.82, 2.24) is 14.8 Å². The maximum atomic E-state index is 12.7. The first-order chi connectivity index (χ1) is 11.1. The lowest BCUT2D eigenvalue weighted by Crippen LogP contribution is -2.48. The Balaban J connectivity index is 1.70. The highest BCUT2D eigenvalue weighted by molar-refractivity contribution is 5.80. The van der Waals surface area contributed by atoms with Crippen molar-refractivity contribution in [2.75, 3.05) is 26.2 Å². The van der Waals surface area contributed by atoms with Gasteiger partial charge in [0.15, 0.2) is 0 Å². The van der Waals surface area contributed by atoms with Crippen LogP contribution >= 0.6 is 0 Å². The molecule has 23 heavy (non-hydrogen) atoms. The molecule has 1 N–H and O–H groups in total. The fraction of sp³-hybridized carbons (Fsp3) is 0.588. The van der Waals surface area contributed by atoms with Crippen LogP contribution in [0, 0.1) is 11.8 Å². The Morgan fingerprint density at radius 2 is 1.78 bits per heavy atom. The number of hydrogen-bond acceptors (Lipinski definition) is 4. The van der Waals surface area contributed by atoms with Gasteiger partial charge in [-0.2, -0.15) is 0 Å². The van der Waals surface area contributed by atoms with Gasteiger partial charge in [-0.05, 0) is 37.0 Å². The summed E-state index contributed by atoms with van der Waals surface area (Å²) in [6.07, 6.45) is 6.04. The van der Waals surface area contributed by atoms with E-state index in [9.17, 15) is 14.7 Å². The Kier molecular flexibility index (Phi) is 4.91. The number of aromatic nitrogens is 1. The summed E-state index contributed by atoms with van der Waals surface area (Å²) in [5, 5.41) is 9.43. The Hall–Kier alpha value is -1.95. The monoisotopic (exact) mass is 317 g/mol. The maximum Gasteiger partial charge on any atom is 0.307 e. The number of pyridine rings is 1. The molecule has 3 heterocycles. The zero-order valence-electron chi connectivity index (χ0n) is 13.2. The summed E-state index contributed by atoms with van der Waals surface area (Å²) < 4.78 is 0. The number of hydrogen-bond donors (Lipinski definition) is 1. The molecule has 0 saturated carbocycles. The molecule has 2 aliphatic rings. The number of carbonyl (C=O) groups excluding carboxylic acids is 1. The molecule has 6 nitrogen and oxygen atoms in total. The third-order valence-electron chi connectivity index (χ3n) is 4.80. The van der Waals surface area contributed by atoms with Gasteiger partial charge in [0.25, 0.3) is 0 Å². The lowest BCUT2D eigenvalue weighted by atomic mass is 9.88. The van der Waals surface area contributed by atoms with Gasteiger partial charge in [0.1, 0.15) is 0 Å². The van der Waals surface area contributed by atoms with Crippen LogP contribution in [-0.4, -0.2) is 57.9 Å². The van der Waals surface area contributed by atoms with E-state index in [1.54, 1.807) is 12.4 Å². The first-order valence-corrected chi connectivity index (χ1v) is 8.26. The molecule has 0 aliphatic carbocycles. The van der Waals surface area contributed by atoms with E-state index in [1.807, 2.05) is 17.0 Å². The second-order valence-electron chi connectivity index (χ2n) is 6.55. The van der Waals surface area contributed by atoms with E-state index in [0.717, 1.165) is 31.5 Å². The minimum absolute atomic E-state index is 0.133. The average Bonchev–Trinajstić information content (AvgIpc) is 3.09. The van der Waals surface area contributed by atoms with Crippen molar-refractivity contribution < 1.29 is 14.7 Å². The highest BCUT2D eigenvalue weighted by Gasteiger charge is 2.37. The number of nitrogens with zero attached hydrogens (tertiary/aromatic N) is 3. The third kappa shape index (κ3) is 3.88. The van der Waals surface area contributed by atoms with Crippen LogP contribution in [0.3, 0.4) is 0 Å². The Morgan fingerprint density at radius 3 is 2.43 bits per heavy atom. The van der Waals surface area contributed by atoms with Crippen LogP contribution in [0.1, 0.15) is 24.8 Å². The van der Waals surface area contributed by atoms with E-state index in [4.69, 9.17) is 0 Å². The third-order valence-corrected chi connectivity index (χ3v) is 4.80. The largest absolute Gasteiger partial charge is 0.481 e. The quantitative estimate of drug-likeness (QED) is 0.904. The van der Waals surface area contributed by atoms with Crippen LogP contribution in [0.5, 0.6) is 0 Å². The summed E-state index contributed by atoms with van der Waals surface area (Å²) in [4.78, 5) is 32.1. The van der Waals surface area contributed by atoms with Gasteiger partial charge in [0, 0.05) is 45.1 Å². The number of carbonyl (C=O) groups is 2. The van der Waals surface area contributed by atoms with Crippen molar-refractivity contribution in [2.24, 2.45) is 11.8 Å². The number of likely N-dealkylation sites (tertiary alicyclic amines) is 2. The van der Waals surface area contributed by atoms with E-state index >= 15 is 0 Å². The Bertz CT molecular complexity index is 557. The number of aliphatic carboxylic acids is 1. The first-order valence-electron chi connectivity index (χ1n) is 8.26. The lowest BCUT2D eigenvalue weighted by Gasteiger charge is -2.37. The predicted molar refractivity (Wildman–Crippen MR) is 84.6 cm³/mol. The summed E-state index contributed by atoms with van der Waals surface area (Å²) in [5.41, 5.74) is 1.10. The van der Waals surface area contributed by atoms with E-state index in [0.29, 0.717) is 26.1 Å². The van der Waals surface area contributed by atoms with Crippen molar-refractivity contribution in [3.63, 3.8) is 0 Å². The molecule has 3 rings (SSSR count). The number of carboxylic acids is 1. The average molecular weight is 317 g/mol. The Morgan fingerprint density at radius 1 is 1.13 bits per heavy atom. The molecular formula is C17H23N3O3. The molecule has 124 valence electrons. The summed E-state index contributed by atoms with van der Waals surface area (Å²) in [6.45, 7) is 3.44. The van der Waals surface area contributed by atoms with Crippen molar-refractivity contribution in [3.05, 3.63) is 30.1 Å². The van der Waals surface area contributed by atoms with Crippen LogP contribution < -0.4 is 0 Å². The standard InChI is InChI=1S/C17H23N3O3/c21-16(20-7-1-2-8-20)14-9-15(17(22)23)12-19(11-14)10-13-3-5-18-6-4-13/h3-6,14-15H,1-2,7-12H2,(H,22,23)/t14-,15+/m1/s1. The SMILES string of the molecule is O=C(O)[C@H]1C[C@@H](C(=O)N2CCCC2)CN(Cc2ccncc2)C1. The van der Waals surface area contributed by atoms with Crippen LogP contribution in [0.25, 0.3) is 0 Å². The van der Waals surface area contributed by atoms with Gasteiger partial charge in [0.2, 0.25) is 5.91 Å². The molecule has 6 heteroatoms. The molecule has 0 spiro atoms. The van der Waals surface area contributed by atoms with E-state index in [-0.39, 0.29) is 11.8 Å². The van der Waals surface area contributed by atoms with Gasteiger partial charge < -0.3 is 10.0 Å². The van der Waals surface area contributed by atoms with Crippen LogP contribution in [0.4, 0.5) is 0 Å². The van der Waals surface area contributed by atoms with Gasteiger partial charge in [-0.1, -0.05) is 0 Å². The number of amides is 1. The first kappa shape index (κ1) is 15.9. The maximum absolute atomic E-state index is 12.7. The topological polar surface area (TPSA) is 73.7 Å². The number of rotatable bonds is 4. The van der Waals surface area contributed by atoms with Gasteiger partial charge in [-0.3, -0.25) is 19.5 Å². The highest BCUT2D eigenvalue weighted by Crippen LogP contribution is 2.26. The van der Waals surface area contributed by atoms with Gasteiger partial charge in [-0.15, -0.1) is 0 Å². The number of piperidine rings is 1. The molecule has 2 aliphatic heterocycles. The normalized spacial score (nSPS) is 25.5. The summed E-state index contributed by atoms with van der Waals surface area (Å²) in [5.74, 6) is -1.34. The van der Waals surface area contributed by atoms with Gasteiger partial charge in [0.05, 0.1) is 11.8 Å².